The summed E-state index contributed by atoms with van der Waals surface area (Å²) < 4.78 is 56.2. The van der Waals surface area contributed by atoms with Gasteiger partial charge in [-0.3, -0.25) is 13.8 Å². The van der Waals surface area contributed by atoms with Crippen LogP contribution in [-0.4, -0.2) is 29.3 Å². The van der Waals surface area contributed by atoms with Crippen molar-refractivity contribution in [3.63, 3.8) is 0 Å². The summed E-state index contributed by atoms with van der Waals surface area (Å²) in [5, 5.41) is 3.06. The summed E-state index contributed by atoms with van der Waals surface area (Å²) in [7, 11) is -7.89. The lowest BCUT2D eigenvalue weighted by molar-refractivity contribution is -0.114. The summed E-state index contributed by atoms with van der Waals surface area (Å²) in [6, 6.07) is 22.6. The van der Waals surface area contributed by atoms with Crippen LogP contribution in [0.1, 0.15) is 11.1 Å². The average Bonchev–Trinajstić information content (AvgIpc) is 2.89. The zero-order valence-electron chi connectivity index (χ0n) is 21.0. The number of nitrogens with one attached hydrogen (secondary N) is 2. The molecule has 1 aliphatic heterocycles. The van der Waals surface area contributed by atoms with Crippen molar-refractivity contribution in [3.8, 4) is 11.1 Å². The molecule has 0 aliphatic carbocycles. The van der Waals surface area contributed by atoms with Crippen molar-refractivity contribution in [3.05, 3.63) is 101 Å². The summed E-state index contributed by atoms with van der Waals surface area (Å²) in [5.74, 6) is -0.576. The van der Waals surface area contributed by atoms with Gasteiger partial charge in [-0.1, -0.05) is 47.5 Å². The summed E-state index contributed by atoms with van der Waals surface area (Å²) in [4.78, 5) is 13.1. The maximum absolute atomic E-state index is 13.5. The van der Waals surface area contributed by atoms with Gasteiger partial charge in [-0.15, -0.1) is 0 Å². The fourth-order valence-electron chi connectivity index (χ4n) is 4.37. The summed E-state index contributed by atoms with van der Waals surface area (Å²) >= 11 is 5.99. The first-order valence-corrected chi connectivity index (χ1v) is 15.2. The Balaban J connectivity index is 1.35. The van der Waals surface area contributed by atoms with E-state index in [0.29, 0.717) is 33.2 Å². The van der Waals surface area contributed by atoms with Crippen LogP contribution < -0.4 is 14.3 Å². The number of sulfonamides is 2. The average molecular weight is 582 g/mol. The van der Waals surface area contributed by atoms with Gasteiger partial charge in [0.15, 0.2) is 0 Å². The molecule has 4 aromatic carbocycles. The molecule has 1 aliphatic rings. The number of halogens is 1. The molecular weight excluding hydrogens is 558 g/mol. The van der Waals surface area contributed by atoms with Gasteiger partial charge in [0.1, 0.15) is 6.54 Å². The quantitative estimate of drug-likeness (QED) is 0.309. The van der Waals surface area contributed by atoms with Gasteiger partial charge in [0.2, 0.25) is 5.91 Å². The minimum Gasteiger partial charge on any atom is -0.325 e. The Hall–Kier alpha value is -3.86. The second kappa shape index (κ2) is 10.0. The predicted octanol–water partition coefficient (Wildman–Crippen LogP) is 5.57. The van der Waals surface area contributed by atoms with Gasteiger partial charge in [0, 0.05) is 21.8 Å². The Kier molecular flexibility index (Phi) is 6.88. The number of anilines is 3. The normalized spacial score (nSPS) is 13.8. The molecule has 0 aromatic heterocycles. The molecule has 0 unspecified atom stereocenters. The van der Waals surface area contributed by atoms with E-state index in [4.69, 9.17) is 11.6 Å². The lowest BCUT2D eigenvalue weighted by Gasteiger charge is -2.31. The van der Waals surface area contributed by atoms with E-state index >= 15 is 0 Å². The Morgan fingerprint density at radius 1 is 0.897 bits per heavy atom. The standard InChI is InChI=1S/C28H24ClN3O5S2/c1-18-7-14-26-24(15-18)23-5-3-4-6-27(23)39(36,37)32(26)17-28(33)30-21-10-12-22(13-11-21)38(34,35)31-25-16-20(29)9-8-19(25)2/h3-16,31H,17H2,1-2H3,(H,30,33). The van der Waals surface area contributed by atoms with Gasteiger partial charge in [0.25, 0.3) is 20.0 Å². The van der Waals surface area contributed by atoms with Gasteiger partial charge in [-0.2, -0.15) is 0 Å². The number of benzene rings is 4. The van der Waals surface area contributed by atoms with E-state index in [-0.39, 0.29) is 9.79 Å². The van der Waals surface area contributed by atoms with Crippen LogP contribution in [-0.2, 0) is 24.8 Å². The lowest BCUT2D eigenvalue weighted by atomic mass is 10.0. The smallest absolute Gasteiger partial charge is 0.265 e. The predicted molar refractivity (Wildman–Crippen MR) is 153 cm³/mol. The van der Waals surface area contributed by atoms with Crippen molar-refractivity contribution in [1.29, 1.82) is 0 Å². The number of rotatable bonds is 6. The fraction of sp³-hybridized carbons (Fsp3) is 0.107. The van der Waals surface area contributed by atoms with Crippen molar-refractivity contribution in [2.75, 3.05) is 20.9 Å². The number of carbonyl (C=O) groups excluding carboxylic acids is 1. The molecule has 2 N–H and O–H groups in total. The molecule has 0 atom stereocenters. The van der Waals surface area contributed by atoms with Crippen molar-refractivity contribution in [2.24, 2.45) is 0 Å². The Labute approximate surface area is 232 Å². The third kappa shape index (κ3) is 5.23. The highest BCUT2D eigenvalue weighted by atomic mass is 35.5. The number of hydrogen-bond donors (Lipinski definition) is 2. The molecule has 0 radical (unpaired) electrons. The molecule has 0 spiro atoms. The van der Waals surface area contributed by atoms with Crippen LogP contribution >= 0.6 is 11.6 Å². The van der Waals surface area contributed by atoms with Crippen LogP contribution in [0.4, 0.5) is 17.1 Å². The maximum Gasteiger partial charge on any atom is 0.265 e. The molecule has 0 bridgehead atoms. The highest BCUT2D eigenvalue weighted by molar-refractivity contribution is 7.93. The second-order valence-electron chi connectivity index (χ2n) is 9.17. The first-order valence-electron chi connectivity index (χ1n) is 11.9. The number of amides is 1. The van der Waals surface area contributed by atoms with Gasteiger partial charge < -0.3 is 5.32 Å². The van der Waals surface area contributed by atoms with Crippen LogP contribution in [0.3, 0.4) is 0 Å². The third-order valence-electron chi connectivity index (χ3n) is 6.35. The third-order valence-corrected chi connectivity index (χ3v) is 9.78. The first kappa shape index (κ1) is 26.7. The van der Waals surface area contributed by atoms with Gasteiger partial charge >= 0.3 is 0 Å². The molecule has 200 valence electrons. The summed E-state index contributed by atoms with van der Waals surface area (Å²) in [6.07, 6.45) is 0. The van der Waals surface area contributed by atoms with E-state index in [1.54, 1.807) is 49.4 Å². The molecule has 0 saturated heterocycles. The van der Waals surface area contributed by atoms with Crippen LogP contribution in [0, 0.1) is 13.8 Å². The molecule has 8 nitrogen and oxygen atoms in total. The monoisotopic (exact) mass is 581 g/mol. The van der Waals surface area contributed by atoms with Crippen LogP contribution in [0.15, 0.2) is 94.7 Å². The zero-order chi connectivity index (χ0) is 27.9. The minimum atomic E-state index is -3.98. The molecule has 39 heavy (non-hydrogen) atoms. The molecule has 1 heterocycles. The molecule has 11 heteroatoms. The van der Waals surface area contributed by atoms with E-state index in [2.05, 4.69) is 10.0 Å². The Morgan fingerprint density at radius 3 is 2.36 bits per heavy atom. The van der Waals surface area contributed by atoms with Gasteiger partial charge in [0.05, 0.1) is 21.2 Å². The van der Waals surface area contributed by atoms with Gasteiger partial charge in [-0.25, -0.2) is 16.8 Å². The number of fused-ring (bicyclic) bond motifs is 3. The summed E-state index contributed by atoms with van der Waals surface area (Å²) in [6.45, 7) is 3.22. The molecule has 0 saturated carbocycles. The molecule has 1 amide bonds. The number of nitrogens with zero attached hydrogens (tertiary/aromatic N) is 1. The van der Waals surface area contributed by atoms with E-state index in [0.717, 1.165) is 15.4 Å². The van der Waals surface area contributed by atoms with E-state index in [9.17, 15) is 21.6 Å². The largest absolute Gasteiger partial charge is 0.325 e. The zero-order valence-corrected chi connectivity index (χ0v) is 23.4. The van der Waals surface area contributed by atoms with E-state index < -0.39 is 32.5 Å². The van der Waals surface area contributed by atoms with Crippen LogP contribution in [0.5, 0.6) is 0 Å². The number of carbonyl (C=O) groups is 1. The maximum atomic E-state index is 13.5. The molecule has 0 fully saturated rings. The lowest BCUT2D eigenvalue weighted by Crippen LogP contribution is -2.40. The Bertz CT molecular complexity index is 1820. The highest BCUT2D eigenvalue weighted by Gasteiger charge is 2.35. The number of aryl methyl sites for hydroxylation is 2. The first-order chi connectivity index (χ1) is 18.5. The SMILES string of the molecule is Cc1ccc2c(c1)-c1ccccc1S(=O)(=O)N2CC(=O)Nc1ccc(S(=O)(=O)Nc2cc(Cl)ccc2C)cc1. The van der Waals surface area contributed by atoms with Gasteiger partial charge in [-0.05, 0) is 74.0 Å². The van der Waals surface area contributed by atoms with Crippen LogP contribution in [0.25, 0.3) is 11.1 Å². The van der Waals surface area contributed by atoms with Crippen molar-refractivity contribution < 1.29 is 21.6 Å². The highest BCUT2D eigenvalue weighted by Crippen LogP contribution is 2.43. The second-order valence-corrected chi connectivity index (χ2v) is 13.1. The van der Waals surface area contributed by atoms with Crippen molar-refractivity contribution >= 4 is 54.6 Å². The van der Waals surface area contributed by atoms with Crippen molar-refractivity contribution in [2.45, 2.75) is 23.6 Å². The topological polar surface area (TPSA) is 113 Å². The molecule has 4 aromatic rings. The van der Waals surface area contributed by atoms with E-state index in [1.165, 1.54) is 36.4 Å². The van der Waals surface area contributed by atoms with E-state index in [1.807, 2.05) is 13.0 Å². The summed E-state index contributed by atoms with van der Waals surface area (Å²) in [5.41, 5.74) is 4.08. The fourth-order valence-corrected chi connectivity index (χ4v) is 7.31. The molecular formula is C28H24ClN3O5S2. The molecule has 5 rings (SSSR count). The Morgan fingerprint density at radius 2 is 1.62 bits per heavy atom. The number of hydrogen-bond acceptors (Lipinski definition) is 5. The minimum absolute atomic E-state index is 0.0145. The van der Waals surface area contributed by atoms with Crippen LogP contribution in [0.2, 0.25) is 5.02 Å². The van der Waals surface area contributed by atoms with Crippen molar-refractivity contribution in [1.82, 2.24) is 0 Å².